The minimum atomic E-state index is -0.117. The highest BCUT2D eigenvalue weighted by atomic mass is 16.6. The largest absolute Gasteiger partial charge is 0.441 e. The van der Waals surface area contributed by atoms with Gasteiger partial charge in [0.05, 0.1) is 6.04 Å². The molecular weight excluding hydrogens is 214 g/mol. The van der Waals surface area contributed by atoms with Crippen molar-refractivity contribution in [2.75, 3.05) is 7.05 Å². The molecule has 1 amide bonds. The Balaban J connectivity index is 1.85. The molecule has 2 aliphatic carbocycles. The van der Waals surface area contributed by atoms with Crippen LogP contribution in [-0.4, -0.2) is 29.7 Å². The Bertz CT molecular complexity index is 303. The summed E-state index contributed by atoms with van der Waals surface area (Å²) in [4.78, 5) is 13.8. The number of ether oxygens (including phenoxy) is 1. The van der Waals surface area contributed by atoms with Crippen LogP contribution in [0.3, 0.4) is 0 Å². The summed E-state index contributed by atoms with van der Waals surface area (Å²) in [5.41, 5.74) is -0.117. The molecule has 0 aromatic rings. The van der Waals surface area contributed by atoms with Gasteiger partial charge in [0.2, 0.25) is 0 Å². The van der Waals surface area contributed by atoms with E-state index >= 15 is 0 Å². The van der Waals surface area contributed by atoms with E-state index in [-0.39, 0.29) is 11.7 Å². The molecule has 0 aromatic carbocycles. The molecule has 0 radical (unpaired) electrons. The topological polar surface area (TPSA) is 29.5 Å². The van der Waals surface area contributed by atoms with Crippen molar-refractivity contribution in [2.24, 2.45) is 5.92 Å². The van der Waals surface area contributed by atoms with Crippen molar-refractivity contribution >= 4 is 6.09 Å². The Labute approximate surface area is 104 Å². The van der Waals surface area contributed by atoms with Crippen LogP contribution in [0.15, 0.2) is 0 Å². The second-order valence-electron chi connectivity index (χ2n) is 6.09. The van der Waals surface area contributed by atoms with E-state index in [1.807, 2.05) is 11.9 Å². The highest BCUT2D eigenvalue weighted by Gasteiger charge is 2.56. The van der Waals surface area contributed by atoms with Gasteiger partial charge >= 0.3 is 6.09 Å². The molecule has 3 aliphatic rings. The number of hydrogen-bond donors (Lipinski definition) is 0. The van der Waals surface area contributed by atoms with Crippen LogP contribution in [0.1, 0.15) is 57.8 Å². The molecule has 0 unspecified atom stereocenters. The lowest BCUT2D eigenvalue weighted by molar-refractivity contribution is 0.0172. The SMILES string of the molecule is CN1C(=O)OC2(CCCC2)[C@@H]1C1CCCCC1. The molecule has 2 saturated carbocycles. The quantitative estimate of drug-likeness (QED) is 0.700. The van der Waals surface area contributed by atoms with Gasteiger partial charge in [0.15, 0.2) is 0 Å². The number of likely N-dealkylation sites (N-methyl/N-ethyl adjacent to an activating group) is 1. The minimum Gasteiger partial charge on any atom is -0.441 e. The van der Waals surface area contributed by atoms with Gasteiger partial charge in [-0.15, -0.1) is 0 Å². The highest BCUT2D eigenvalue weighted by Crippen LogP contribution is 2.47. The molecule has 0 N–H and O–H groups in total. The van der Waals surface area contributed by atoms with Gasteiger partial charge < -0.3 is 9.64 Å². The van der Waals surface area contributed by atoms with Gasteiger partial charge in [-0.1, -0.05) is 19.3 Å². The van der Waals surface area contributed by atoms with Crippen molar-refractivity contribution in [3.63, 3.8) is 0 Å². The monoisotopic (exact) mass is 237 g/mol. The van der Waals surface area contributed by atoms with E-state index in [9.17, 15) is 4.79 Å². The summed E-state index contributed by atoms with van der Waals surface area (Å²) in [6.07, 6.45) is 11.2. The predicted octanol–water partition coefficient (Wildman–Crippen LogP) is 3.33. The number of carbonyl (C=O) groups excluding carboxylic acids is 1. The van der Waals surface area contributed by atoms with Gasteiger partial charge in [-0.05, 0) is 44.4 Å². The van der Waals surface area contributed by atoms with Crippen LogP contribution in [-0.2, 0) is 4.74 Å². The second kappa shape index (κ2) is 4.18. The molecule has 1 heterocycles. The summed E-state index contributed by atoms with van der Waals surface area (Å²) in [6, 6.07) is 0.359. The Hall–Kier alpha value is -0.730. The van der Waals surface area contributed by atoms with E-state index in [4.69, 9.17) is 4.74 Å². The van der Waals surface area contributed by atoms with Crippen molar-refractivity contribution in [2.45, 2.75) is 69.4 Å². The van der Waals surface area contributed by atoms with Crippen molar-refractivity contribution < 1.29 is 9.53 Å². The van der Waals surface area contributed by atoms with Crippen molar-refractivity contribution in [3.8, 4) is 0 Å². The number of carbonyl (C=O) groups is 1. The number of hydrogen-bond acceptors (Lipinski definition) is 2. The zero-order valence-electron chi connectivity index (χ0n) is 10.8. The molecule has 3 nitrogen and oxygen atoms in total. The molecule has 0 aromatic heterocycles. The summed E-state index contributed by atoms with van der Waals surface area (Å²) < 4.78 is 5.77. The van der Waals surface area contributed by atoms with Crippen molar-refractivity contribution in [1.82, 2.24) is 4.90 Å². The first-order valence-electron chi connectivity index (χ1n) is 7.19. The molecule has 3 rings (SSSR count). The summed E-state index contributed by atoms with van der Waals surface area (Å²) >= 11 is 0. The summed E-state index contributed by atoms with van der Waals surface area (Å²) in [5, 5.41) is 0. The van der Waals surface area contributed by atoms with E-state index in [1.54, 1.807) is 0 Å². The average molecular weight is 237 g/mol. The fourth-order valence-corrected chi connectivity index (χ4v) is 4.34. The average Bonchev–Trinajstić information content (AvgIpc) is 2.88. The molecular formula is C14H23NO2. The van der Waals surface area contributed by atoms with E-state index in [0.717, 1.165) is 12.8 Å². The Morgan fingerprint density at radius 3 is 2.41 bits per heavy atom. The second-order valence-corrected chi connectivity index (χ2v) is 6.09. The van der Waals surface area contributed by atoms with Crippen LogP contribution in [0.2, 0.25) is 0 Å². The van der Waals surface area contributed by atoms with Gasteiger partial charge in [-0.25, -0.2) is 4.79 Å². The minimum absolute atomic E-state index is 0.0810. The van der Waals surface area contributed by atoms with Crippen LogP contribution in [0.4, 0.5) is 4.79 Å². The lowest BCUT2D eigenvalue weighted by Crippen LogP contribution is -2.48. The molecule has 17 heavy (non-hydrogen) atoms. The summed E-state index contributed by atoms with van der Waals surface area (Å²) in [7, 11) is 1.94. The number of amides is 1. The molecule has 0 bridgehead atoms. The Morgan fingerprint density at radius 1 is 1.12 bits per heavy atom. The van der Waals surface area contributed by atoms with Gasteiger partial charge in [0.1, 0.15) is 5.60 Å². The number of rotatable bonds is 1. The third kappa shape index (κ3) is 1.74. The summed E-state index contributed by atoms with van der Waals surface area (Å²) in [5.74, 6) is 0.679. The zero-order valence-corrected chi connectivity index (χ0v) is 10.8. The predicted molar refractivity (Wildman–Crippen MR) is 65.8 cm³/mol. The van der Waals surface area contributed by atoms with Crippen LogP contribution < -0.4 is 0 Å². The normalized spacial score (nSPS) is 33.4. The maximum Gasteiger partial charge on any atom is 0.410 e. The fourth-order valence-electron chi connectivity index (χ4n) is 4.34. The zero-order chi connectivity index (χ0) is 11.9. The highest BCUT2D eigenvalue weighted by molar-refractivity contribution is 5.71. The molecule has 3 fully saturated rings. The fraction of sp³-hybridized carbons (Fsp3) is 0.929. The van der Waals surface area contributed by atoms with Gasteiger partial charge in [0.25, 0.3) is 0 Å². The van der Waals surface area contributed by atoms with Gasteiger partial charge in [0, 0.05) is 7.05 Å². The first kappa shape index (κ1) is 11.4. The first-order chi connectivity index (χ1) is 8.23. The maximum atomic E-state index is 11.9. The third-order valence-corrected chi connectivity index (χ3v) is 5.08. The van der Waals surface area contributed by atoms with Crippen LogP contribution in [0.5, 0.6) is 0 Å². The standard InChI is InChI=1S/C14H23NO2/c1-15-12(11-7-3-2-4-8-11)14(17-13(15)16)9-5-6-10-14/h11-12H,2-10H2,1H3/t12-/m0/s1. The lowest BCUT2D eigenvalue weighted by Gasteiger charge is -2.38. The van der Waals surface area contributed by atoms with Crippen LogP contribution in [0.25, 0.3) is 0 Å². The lowest BCUT2D eigenvalue weighted by atomic mass is 9.76. The number of nitrogens with zero attached hydrogens (tertiary/aromatic N) is 1. The van der Waals surface area contributed by atoms with Gasteiger partial charge in [-0.3, -0.25) is 0 Å². The molecule has 1 saturated heterocycles. The molecule has 1 atom stereocenters. The van der Waals surface area contributed by atoms with Crippen molar-refractivity contribution in [1.29, 1.82) is 0 Å². The molecule has 1 spiro atoms. The Kier molecular flexibility index (Phi) is 2.80. The summed E-state index contributed by atoms with van der Waals surface area (Å²) in [6.45, 7) is 0. The molecule has 96 valence electrons. The van der Waals surface area contributed by atoms with E-state index in [2.05, 4.69) is 0 Å². The molecule has 3 heteroatoms. The maximum absolute atomic E-state index is 11.9. The van der Waals surface area contributed by atoms with Crippen LogP contribution >= 0.6 is 0 Å². The van der Waals surface area contributed by atoms with Crippen molar-refractivity contribution in [3.05, 3.63) is 0 Å². The van der Waals surface area contributed by atoms with Gasteiger partial charge in [-0.2, -0.15) is 0 Å². The Morgan fingerprint density at radius 2 is 1.76 bits per heavy atom. The third-order valence-electron chi connectivity index (χ3n) is 5.08. The van der Waals surface area contributed by atoms with E-state index in [1.165, 1.54) is 44.9 Å². The smallest absolute Gasteiger partial charge is 0.410 e. The van der Waals surface area contributed by atoms with Crippen LogP contribution in [0, 0.1) is 5.92 Å². The van der Waals surface area contributed by atoms with E-state index < -0.39 is 0 Å². The first-order valence-corrected chi connectivity index (χ1v) is 7.19. The molecule has 1 aliphatic heterocycles. The van der Waals surface area contributed by atoms with E-state index in [0.29, 0.717) is 12.0 Å².